The first-order chi connectivity index (χ1) is 18.3. The molecule has 3 heteroatoms. The van der Waals surface area contributed by atoms with Gasteiger partial charge in [0, 0.05) is 28.1 Å². The van der Waals surface area contributed by atoms with E-state index in [0.29, 0.717) is 11.1 Å². The predicted molar refractivity (Wildman–Crippen MR) is 151 cm³/mol. The third kappa shape index (κ3) is 2.73. The molecule has 0 amide bonds. The first kappa shape index (κ1) is 20.0. The number of fused-ring (bicyclic) bond motifs is 3. The largest absolute Gasteiger partial charge is 0.454 e. The second kappa shape index (κ2) is 7.40. The number of benzene rings is 6. The highest BCUT2D eigenvalue weighted by Gasteiger charge is 2.18. The number of hydrogen-bond acceptors (Lipinski definition) is 3. The third-order valence-corrected chi connectivity index (χ3v) is 7.54. The smallest absolute Gasteiger partial charge is 0.153 e. The molecular weight excluding hydrogens is 452 g/mol. The highest BCUT2D eigenvalue weighted by molar-refractivity contribution is 6.28. The summed E-state index contributed by atoms with van der Waals surface area (Å²) in [6.07, 6.45) is 1.84. The van der Waals surface area contributed by atoms with Gasteiger partial charge in [0.15, 0.2) is 5.58 Å². The van der Waals surface area contributed by atoms with E-state index in [2.05, 4.69) is 83.8 Å². The summed E-state index contributed by atoms with van der Waals surface area (Å²) in [4.78, 5) is 4.63. The van der Waals surface area contributed by atoms with Crippen LogP contribution in [0.2, 0.25) is 0 Å². The molecule has 0 saturated carbocycles. The summed E-state index contributed by atoms with van der Waals surface area (Å²) in [5.74, 6) is 0. The minimum absolute atomic E-state index is 0.553. The summed E-state index contributed by atoms with van der Waals surface area (Å²) in [6, 6.07) is 37.9. The molecule has 2 aromatic heterocycles. The highest BCUT2D eigenvalue weighted by atomic mass is 16.3. The van der Waals surface area contributed by atoms with E-state index in [4.69, 9.17) is 4.42 Å². The van der Waals surface area contributed by atoms with Gasteiger partial charge in [0.25, 0.3) is 0 Å². The van der Waals surface area contributed by atoms with Crippen LogP contribution in [-0.4, -0.2) is 4.98 Å². The maximum Gasteiger partial charge on any atom is 0.153 e. The van der Waals surface area contributed by atoms with E-state index >= 15 is 0 Å². The summed E-state index contributed by atoms with van der Waals surface area (Å²) in [5.41, 5.74) is 6.26. The molecule has 2 heterocycles. The fourth-order valence-electron chi connectivity index (χ4n) is 5.90. The van der Waals surface area contributed by atoms with Gasteiger partial charge < -0.3 is 4.42 Å². The highest BCUT2D eigenvalue weighted by Crippen LogP contribution is 2.44. The fraction of sp³-hybridized carbons (Fsp3) is 0. The molecule has 0 bridgehead atoms. The van der Waals surface area contributed by atoms with Crippen LogP contribution in [0.25, 0.3) is 76.6 Å². The maximum atomic E-state index is 9.64. The summed E-state index contributed by atoms with van der Waals surface area (Å²) < 4.78 is 6.40. The number of furan rings is 1. The van der Waals surface area contributed by atoms with Crippen molar-refractivity contribution >= 4 is 54.3 Å². The van der Waals surface area contributed by atoms with Crippen molar-refractivity contribution in [1.29, 1.82) is 5.26 Å². The monoisotopic (exact) mass is 470 g/mol. The van der Waals surface area contributed by atoms with Gasteiger partial charge in [0.1, 0.15) is 11.7 Å². The average molecular weight is 471 g/mol. The Bertz CT molecular complexity index is 2200. The lowest BCUT2D eigenvalue weighted by Crippen LogP contribution is -1.90. The van der Waals surface area contributed by atoms with Crippen LogP contribution in [0.5, 0.6) is 0 Å². The number of para-hydroxylation sites is 2. The number of nitrogens with zero attached hydrogens (tertiary/aromatic N) is 2. The molecule has 0 N–H and O–H groups in total. The number of hydrogen-bond donors (Lipinski definition) is 0. The lowest BCUT2D eigenvalue weighted by Gasteiger charge is -2.16. The molecule has 170 valence electrons. The van der Waals surface area contributed by atoms with Gasteiger partial charge in [-0.05, 0) is 56.1 Å². The van der Waals surface area contributed by atoms with Gasteiger partial charge >= 0.3 is 0 Å². The van der Waals surface area contributed by atoms with Crippen molar-refractivity contribution in [2.45, 2.75) is 0 Å². The SMILES string of the molecule is N#Cc1cccc2c1oc1c(-c3ccc4ccc5c(-c6ccccn6)ccc6ccc3c4c65)cccc12. The van der Waals surface area contributed by atoms with Gasteiger partial charge in [-0.3, -0.25) is 4.98 Å². The van der Waals surface area contributed by atoms with Crippen LogP contribution in [-0.2, 0) is 0 Å². The van der Waals surface area contributed by atoms with Crippen molar-refractivity contribution in [2.24, 2.45) is 0 Å². The quantitative estimate of drug-likeness (QED) is 0.237. The van der Waals surface area contributed by atoms with E-state index in [0.717, 1.165) is 38.7 Å². The van der Waals surface area contributed by atoms with Crippen molar-refractivity contribution < 1.29 is 4.42 Å². The number of nitriles is 1. The Hall–Kier alpha value is -5.20. The van der Waals surface area contributed by atoms with Gasteiger partial charge in [0.05, 0.1) is 11.3 Å². The minimum Gasteiger partial charge on any atom is -0.454 e. The number of aromatic nitrogens is 1. The molecule has 37 heavy (non-hydrogen) atoms. The first-order valence-corrected chi connectivity index (χ1v) is 12.3. The van der Waals surface area contributed by atoms with Crippen LogP contribution in [0.3, 0.4) is 0 Å². The molecule has 0 spiro atoms. The normalized spacial score (nSPS) is 11.8. The lowest BCUT2D eigenvalue weighted by atomic mass is 9.87. The Morgan fingerprint density at radius 1 is 0.541 bits per heavy atom. The van der Waals surface area contributed by atoms with Crippen LogP contribution in [0.15, 0.2) is 114 Å². The molecule has 0 saturated heterocycles. The topological polar surface area (TPSA) is 49.8 Å². The van der Waals surface area contributed by atoms with Crippen molar-refractivity contribution in [2.75, 3.05) is 0 Å². The Kier molecular flexibility index (Phi) is 4.01. The summed E-state index contributed by atoms with van der Waals surface area (Å²) in [5, 5.41) is 18.9. The minimum atomic E-state index is 0.553. The van der Waals surface area contributed by atoms with Gasteiger partial charge in [0.2, 0.25) is 0 Å². The molecule has 0 atom stereocenters. The zero-order valence-corrected chi connectivity index (χ0v) is 19.7. The van der Waals surface area contributed by atoms with Crippen molar-refractivity contribution in [3.8, 4) is 28.5 Å². The zero-order valence-electron chi connectivity index (χ0n) is 19.7. The van der Waals surface area contributed by atoms with Crippen LogP contribution < -0.4 is 0 Å². The van der Waals surface area contributed by atoms with Crippen LogP contribution >= 0.6 is 0 Å². The third-order valence-electron chi connectivity index (χ3n) is 7.54. The predicted octanol–water partition coefficient (Wildman–Crippen LogP) is 9.08. The van der Waals surface area contributed by atoms with Gasteiger partial charge in [-0.15, -0.1) is 0 Å². The molecule has 0 aliphatic carbocycles. The molecule has 0 fully saturated rings. The molecule has 0 radical (unpaired) electrons. The van der Waals surface area contributed by atoms with Gasteiger partial charge in [-0.1, -0.05) is 84.9 Å². The van der Waals surface area contributed by atoms with Crippen LogP contribution in [0, 0.1) is 11.3 Å². The average Bonchev–Trinajstić information content (AvgIpc) is 3.35. The molecule has 0 aliphatic rings. The summed E-state index contributed by atoms with van der Waals surface area (Å²) in [7, 11) is 0. The second-order valence-corrected chi connectivity index (χ2v) is 9.44. The van der Waals surface area contributed by atoms with E-state index in [1.54, 1.807) is 6.07 Å². The maximum absolute atomic E-state index is 9.64. The molecular formula is C34H18N2O. The van der Waals surface area contributed by atoms with Gasteiger partial charge in [-0.2, -0.15) is 5.26 Å². The first-order valence-electron chi connectivity index (χ1n) is 12.3. The van der Waals surface area contributed by atoms with Gasteiger partial charge in [-0.25, -0.2) is 0 Å². The van der Waals surface area contributed by atoms with Crippen molar-refractivity contribution in [3.05, 3.63) is 115 Å². The number of pyridine rings is 1. The van der Waals surface area contributed by atoms with E-state index in [-0.39, 0.29) is 0 Å². The molecule has 3 nitrogen and oxygen atoms in total. The zero-order chi connectivity index (χ0) is 24.5. The van der Waals surface area contributed by atoms with Crippen molar-refractivity contribution in [3.63, 3.8) is 0 Å². The Morgan fingerprint density at radius 3 is 1.95 bits per heavy atom. The molecule has 8 rings (SSSR count). The standard InChI is InChI=1S/C34H18N2O/c35-19-22-5-3-6-28-29-8-4-7-27(34(29)37-33(22)28)23-14-10-20-13-17-26-24(30-9-1-2-18-36-30)15-11-21-12-16-25(23)31(20)32(21)26/h1-18H. The lowest BCUT2D eigenvalue weighted by molar-refractivity contribution is 0.669. The van der Waals surface area contributed by atoms with E-state index in [1.165, 1.54) is 32.3 Å². The Labute approximate surface area is 212 Å². The molecule has 8 aromatic rings. The van der Waals surface area contributed by atoms with Crippen LogP contribution in [0.1, 0.15) is 5.56 Å². The Morgan fingerprint density at radius 2 is 1.22 bits per heavy atom. The van der Waals surface area contributed by atoms with E-state index in [9.17, 15) is 5.26 Å². The molecule has 0 unspecified atom stereocenters. The van der Waals surface area contributed by atoms with Crippen LogP contribution in [0.4, 0.5) is 0 Å². The molecule has 0 aliphatic heterocycles. The van der Waals surface area contributed by atoms with Crippen molar-refractivity contribution in [1.82, 2.24) is 4.98 Å². The summed E-state index contributed by atoms with van der Waals surface area (Å²) >= 11 is 0. The number of rotatable bonds is 2. The second-order valence-electron chi connectivity index (χ2n) is 9.44. The van der Waals surface area contributed by atoms with E-state index in [1.807, 2.05) is 30.5 Å². The van der Waals surface area contributed by atoms with E-state index < -0.39 is 0 Å². The molecule has 6 aromatic carbocycles. The fourth-order valence-corrected chi connectivity index (χ4v) is 5.90. The summed E-state index contributed by atoms with van der Waals surface area (Å²) in [6.45, 7) is 0. The Balaban J connectivity index is 1.48.